The number of hydrogen-bond acceptors (Lipinski definition) is 5. The molecular formula is C9H7ClN4O. The monoisotopic (exact) mass is 222 g/mol. The molecule has 0 aliphatic carbocycles. The van der Waals surface area contributed by atoms with Crippen molar-refractivity contribution in [3.63, 3.8) is 0 Å². The zero-order chi connectivity index (χ0) is 10.7. The first kappa shape index (κ1) is 9.67. The van der Waals surface area contributed by atoms with Crippen LogP contribution < -0.4 is 10.5 Å². The number of nitrogens with zero attached hydrogens (tertiary/aromatic N) is 3. The molecule has 0 aromatic carbocycles. The molecule has 6 heteroatoms. The van der Waals surface area contributed by atoms with E-state index in [-0.39, 0.29) is 17.0 Å². The van der Waals surface area contributed by atoms with E-state index in [9.17, 15) is 0 Å². The summed E-state index contributed by atoms with van der Waals surface area (Å²) in [4.78, 5) is 11.5. The Morgan fingerprint density at radius 3 is 2.73 bits per heavy atom. The molecule has 0 bridgehead atoms. The van der Waals surface area contributed by atoms with Gasteiger partial charge < -0.3 is 10.5 Å². The smallest absolute Gasteiger partial charge is 0.227 e. The Hall–Kier alpha value is -1.88. The molecule has 0 aliphatic heterocycles. The Morgan fingerprint density at radius 2 is 2.07 bits per heavy atom. The molecule has 76 valence electrons. The molecule has 15 heavy (non-hydrogen) atoms. The molecule has 0 fully saturated rings. The molecule has 0 radical (unpaired) electrons. The van der Waals surface area contributed by atoms with Crippen molar-refractivity contribution >= 4 is 17.5 Å². The van der Waals surface area contributed by atoms with Crippen molar-refractivity contribution in [3.05, 3.63) is 35.6 Å². The fourth-order valence-electron chi connectivity index (χ4n) is 0.981. The van der Waals surface area contributed by atoms with Crippen LogP contribution in [-0.4, -0.2) is 15.0 Å². The van der Waals surface area contributed by atoms with E-state index >= 15 is 0 Å². The second-order valence-electron chi connectivity index (χ2n) is 2.66. The maximum atomic E-state index is 5.68. The predicted octanol–water partition coefficient (Wildman–Crippen LogP) is 1.90. The summed E-state index contributed by atoms with van der Waals surface area (Å²) in [7, 11) is 0. The van der Waals surface area contributed by atoms with E-state index in [1.165, 1.54) is 6.07 Å². The van der Waals surface area contributed by atoms with Crippen LogP contribution in [0.25, 0.3) is 0 Å². The molecule has 2 heterocycles. The Kier molecular flexibility index (Phi) is 2.64. The van der Waals surface area contributed by atoms with Crippen LogP contribution in [0.4, 0.5) is 5.95 Å². The zero-order valence-corrected chi connectivity index (χ0v) is 8.35. The van der Waals surface area contributed by atoms with Gasteiger partial charge in [-0.15, -0.1) is 0 Å². The third kappa shape index (κ3) is 2.54. The van der Waals surface area contributed by atoms with Crippen molar-refractivity contribution < 1.29 is 4.74 Å². The van der Waals surface area contributed by atoms with Gasteiger partial charge in [0.15, 0.2) is 0 Å². The number of nitrogen functional groups attached to an aromatic ring is 1. The summed E-state index contributed by atoms with van der Waals surface area (Å²) in [5.74, 6) is 0.756. The fourth-order valence-corrected chi connectivity index (χ4v) is 1.16. The summed E-state index contributed by atoms with van der Waals surface area (Å²) in [5.41, 5.74) is 5.41. The molecule has 0 spiro atoms. The van der Waals surface area contributed by atoms with Gasteiger partial charge in [0.25, 0.3) is 0 Å². The van der Waals surface area contributed by atoms with E-state index < -0.39 is 0 Å². The van der Waals surface area contributed by atoms with Gasteiger partial charge in [-0.3, -0.25) is 0 Å². The lowest BCUT2D eigenvalue weighted by Gasteiger charge is -2.03. The molecule has 0 unspecified atom stereocenters. The Bertz CT molecular complexity index is 443. The Labute approximate surface area is 90.9 Å². The number of nitrogens with two attached hydrogens (primary N) is 1. The van der Waals surface area contributed by atoms with Crippen LogP contribution in [0.15, 0.2) is 30.5 Å². The molecule has 0 aliphatic rings. The van der Waals surface area contributed by atoms with Crippen molar-refractivity contribution in [3.8, 4) is 11.8 Å². The van der Waals surface area contributed by atoms with Crippen LogP contribution in [0, 0.1) is 0 Å². The minimum Gasteiger partial charge on any atom is -0.420 e. The van der Waals surface area contributed by atoms with Gasteiger partial charge in [-0.05, 0) is 6.07 Å². The first-order valence-corrected chi connectivity index (χ1v) is 4.51. The lowest BCUT2D eigenvalue weighted by molar-refractivity contribution is 0.444. The summed E-state index contributed by atoms with van der Waals surface area (Å²) in [6, 6.07) is 6.75. The van der Waals surface area contributed by atoms with Crippen molar-refractivity contribution in [1.82, 2.24) is 15.0 Å². The molecule has 2 aromatic rings. The van der Waals surface area contributed by atoms with Gasteiger partial charge in [0, 0.05) is 18.3 Å². The lowest BCUT2D eigenvalue weighted by atomic mass is 10.5. The number of rotatable bonds is 2. The molecular weight excluding hydrogens is 216 g/mol. The molecule has 0 saturated heterocycles. The van der Waals surface area contributed by atoms with E-state index in [2.05, 4.69) is 15.0 Å². The normalized spacial score (nSPS) is 9.93. The molecule has 0 saturated carbocycles. The number of hydrogen-bond donors (Lipinski definition) is 1. The third-order valence-electron chi connectivity index (χ3n) is 1.54. The Morgan fingerprint density at radius 1 is 1.20 bits per heavy atom. The predicted molar refractivity (Wildman–Crippen MR) is 55.8 cm³/mol. The SMILES string of the molecule is Nc1nc(Cl)cc(Oc2ccccn2)n1. The van der Waals surface area contributed by atoms with Gasteiger partial charge in [-0.1, -0.05) is 17.7 Å². The largest absolute Gasteiger partial charge is 0.420 e. The van der Waals surface area contributed by atoms with Crippen LogP contribution in [0.2, 0.25) is 5.15 Å². The van der Waals surface area contributed by atoms with Gasteiger partial charge in [-0.2, -0.15) is 4.98 Å². The van der Waals surface area contributed by atoms with Crippen molar-refractivity contribution in [2.24, 2.45) is 0 Å². The molecule has 2 aromatic heterocycles. The van der Waals surface area contributed by atoms with E-state index in [4.69, 9.17) is 22.1 Å². The van der Waals surface area contributed by atoms with E-state index in [1.54, 1.807) is 24.4 Å². The van der Waals surface area contributed by atoms with E-state index in [0.29, 0.717) is 5.88 Å². The second kappa shape index (κ2) is 4.10. The maximum Gasteiger partial charge on any atom is 0.227 e. The highest BCUT2D eigenvalue weighted by Crippen LogP contribution is 2.19. The average molecular weight is 223 g/mol. The topological polar surface area (TPSA) is 73.9 Å². The number of ether oxygens (including phenoxy) is 1. The van der Waals surface area contributed by atoms with Gasteiger partial charge in [0.05, 0.1) is 0 Å². The van der Waals surface area contributed by atoms with E-state index in [0.717, 1.165) is 0 Å². The summed E-state index contributed by atoms with van der Waals surface area (Å²) in [5, 5.41) is 0.230. The summed E-state index contributed by atoms with van der Waals surface area (Å²) >= 11 is 5.68. The molecule has 0 amide bonds. The molecule has 5 nitrogen and oxygen atoms in total. The fraction of sp³-hybridized carbons (Fsp3) is 0. The highest BCUT2D eigenvalue weighted by Gasteiger charge is 2.03. The average Bonchev–Trinajstić information content (AvgIpc) is 2.17. The minimum absolute atomic E-state index is 0.0634. The van der Waals surface area contributed by atoms with Gasteiger partial charge >= 0.3 is 0 Å². The second-order valence-corrected chi connectivity index (χ2v) is 3.04. The first-order valence-electron chi connectivity index (χ1n) is 4.13. The van der Waals surface area contributed by atoms with Crippen LogP contribution in [0.1, 0.15) is 0 Å². The Balaban J connectivity index is 2.25. The first-order chi connectivity index (χ1) is 7.24. The number of halogens is 1. The summed E-state index contributed by atoms with van der Waals surface area (Å²) < 4.78 is 5.31. The number of anilines is 1. The van der Waals surface area contributed by atoms with Crippen LogP contribution in [0.3, 0.4) is 0 Å². The molecule has 2 N–H and O–H groups in total. The summed E-state index contributed by atoms with van der Waals surface area (Å²) in [6.45, 7) is 0. The number of pyridine rings is 1. The molecule has 2 rings (SSSR count). The van der Waals surface area contributed by atoms with Crippen LogP contribution >= 0.6 is 11.6 Å². The molecule has 0 atom stereocenters. The lowest BCUT2D eigenvalue weighted by Crippen LogP contribution is -1.97. The zero-order valence-electron chi connectivity index (χ0n) is 7.59. The number of aromatic nitrogens is 3. The van der Waals surface area contributed by atoms with Crippen molar-refractivity contribution in [2.45, 2.75) is 0 Å². The highest BCUT2D eigenvalue weighted by molar-refractivity contribution is 6.29. The maximum absolute atomic E-state index is 5.68. The van der Waals surface area contributed by atoms with E-state index in [1.807, 2.05) is 0 Å². The van der Waals surface area contributed by atoms with Crippen LogP contribution in [0.5, 0.6) is 11.8 Å². The standard InChI is InChI=1S/C9H7ClN4O/c10-6-5-8(14-9(11)13-6)15-7-3-1-2-4-12-7/h1-5H,(H2,11,13,14). The third-order valence-corrected chi connectivity index (χ3v) is 1.73. The highest BCUT2D eigenvalue weighted by atomic mass is 35.5. The van der Waals surface area contributed by atoms with Gasteiger partial charge in [-0.25, -0.2) is 9.97 Å². The van der Waals surface area contributed by atoms with Gasteiger partial charge in [0.2, 0.25) is 17.7 Å². The van der Waals surface area contributed by atoms with Crippen molar-refractivity contribution in [1.29, 1.82) is 0 Å². The minimum atomic E-state index is 0.0634. The summed E-state index contributed by atoms with van der Waals surface area (Å²) in [6.07, 6.45) is 1.61. The van der Waals surface area contributed by atoms with Crippen molar-refractivity contribution in [2.75, 3.05) is 5.73 Å². The van der Waals surface area contributed by atoms with Crippen LogP contribution in [-0.2, 0) is 0 Å². The van der Waals surface area contributed by atoms with Gasteiger partial charge in [0.1, 0.15) is 5.15 Å². The quantitative estimate of drug-likeness (QED) is 0.786.